The van der Waals surface area contributed by atoms with E-state index in [9.17, 15) is 4.79 Å². The molecule has 1 rings (SSSR count). The smallest absolute Gasteiger partial charge is 0.315 e. The molecule has 0 radical (unpaired) electrons. The number of nitrogens with one attached hydrogen (secondary N) is 2. The average molecular weight is 264 g/mol. The van der Waals surface area contributed by atoms with E-state index in [0.29, 0.717) is 19.1 Å². The minimum Gasteiger partial charge on any atom is -0.337 e. The van der Waals surface area contributed by atoms with Crippen molar-refractivity contribution in [2.75, 3.05) is 20.1 Å². The molecule has 5 heteroatoms. The highest BCUT2D eigenvalue weighted by atomic mass is 16.2. The molecular weight excluding hydrogens is 240 g/mol. The molecular formula is C14H24N4O. The van der Waals surface area contributed by atoms with E-state index >= 15 is 0 Å². The minimum absolute atomic E-state index is 0.130. The monoisotopic (exact) mass is 264 g/mol. The van der Waals surface area contributed by atoms with Crippen molar-refractivity contribution in [3.8, 4) is 0 Å². The molecule has 1 aromatic rings. The summed E-state index contributed by atoms with van der Waals surface area (Å²) in [6.07, 6.45) is 4.55. The number of pyridine rings is 1. The lowest BCUT2D eigenvalue weighted by Gasteiger charge is -2.23. The molecule has 106 valence electrons. The average Bonchev–Trinajstić information content (AvgIpc) is 2.45. The van der Waals surface area contributed by atoms with Crippen LogP contribution in [-0.2, 0) is 6.54 Å². The van der Waals surface area contributed by atoms with Crippen LogP contribution in [0.1, 0.15) is 25.8 Å². The zero-order chi connectivity index (χ0) is 14.1. The molecule has 0 bridgehead atoms. The van der Waals surface area contributed by atoms with E-state index in [1.807, 2.05) is 12.1 Å². The van der Waals surface area contributed by atoms with E-state index in [0.717, 1.165) is 18.5 Å². The van der Waals surface area contributed by atoms with Gasteiger partial charge in [0.1, 0.15) is 0 Å². The normalized spacial score (nSPS) is 12.2. The van der Waals surface area contributed by atoms with E-state index in [-0.39, 0.29) is 6.03 Å². The van der Waals surface area contributed by atoms with Crippen molar-refractivity contribution >= 4 is 6.03 Å². The highest BCUT2D eigenvalue weighted by Crippen LogP contribution is 1.98. The van der Waals surface area contributed by atoms with Gasteiger partial charge in [-0.2, -0.15) is 0 Å². The maximum Gasteiger partial charge on any atom is 0.315 e. The van der Waals surface area contributed by atoms with Crippen molar-refractivity contribution in [3.63, 3.8) is 0 Å². The summed E-state index contributed by atoms with van der Waals surface area (Å²) in [5, 5.41) is 5.67. The van der Waals surface area contributed by atoms with Crippen LogP contribution >= 0.6 is 0 Å². The van der Waals surface area contributed by atoms with E-state index in [2.05, 4.69) is 41.4 Å². The van der Waals surface area contributed by atoms with Crippen molar-refractivity contribution < 1.29 is 4.79 Å². The fourth-order valence-electron chi connectivity index (χ4n) is 1.62. The number of hydrogen-bond acceptors (Lipinski definition) is 3. The number of amides is 2. The van der Waals surface area contributed by atoms with Gasteiger partial charge < -0.3 is 15.5 Å². The Bertz CT molecular complexity index is 369. The van der Waals surface area contributed by atoms with Crippen molar-refractivity contribution in [3.05, 3.63) is 30.1 Å². The van der Waals surface area contributed by atoms with Gasteiger partial charge in [0.15, 0.2) is 0 Å². The Kier molecular flexibility index (Phi) is 6.89. The molecule has 1 heterocycles. The summed E-state index contributed by atoms with van der Waals surface area (Å²) < 4.78 is 0. The van der Waals surface area contributed by atoms with Gasteiger partial charge in [0.2, 0.25) is 0 Å². The first kappa shape index (κ1) is 15.4. The summed E-state index contributed by atoms with van der Waals surface area (Å²) in [5.74, 6) is 0. The fraction of sp³-hybridized carbons (Fsp3) is 0.571. The number of aromatic nitrogens is 1. The first-order valence-electron chi connectivity index (χ1n) is 6.74. The van der Waals surface area contributed by atoms with E-state index in [4.69, 9.17) is 0 Å². The van der Waals surface area contributed by atoms with Crippen molar-refractivity contribution in [1.29, 1.82) is 0 Å². The zero-order valence-electron chi connectivity index (χ0n) is 12.0. The second-order valence-corrected chi connectivity index (χ2v) is 4.70. The quantitative estimate of drug-likeness (QED) is 0.786. The van der Waals surface area contributed by atoms with Gasteiger partial charge in [0.25, 0.3) is 0 Å². The van der Waals surface area contributed by atoms with E-state index in [1.54, 1.807) is 12.4 Å². The van der Waals surface area contributed by atoms with Crippen molar-refractivity contribution in [2.45, 2.75) is 32.9 Å². The van der Waals surface area contributed by atoms with Crippen molar-refractivity contribution in [2.24, 2.45) is 0 Å². The van der Waals surface area contributed by atoms with Gasteiger partial charge >= 0.3 is 6.03 Å². The van der Waals surface area contributed by atoms with Gasteiger partial charge in [0, 0.05) is 38.1 Å². The SMILES string of the molecule is CCC(C)N(C)CCNC(=O)NCc1ccncc1. The highest BCUT2D eigenvalue weighted by molar-refractivity contribution is 5.73. The van der Waals surface area contributed by atoms with Gasteiger partial charge in [-0.15, -0.1) is 0 Å². The first-order valence-corrected chi connectivity index (χ1v) is 6.74. The Hall–Kier alpha value is -1.62. The highest BCUT2D eigenvalue weighted by Gasteiger charge is 2.06. The lowest BCUT2D eigenvalue weighted by atomic mass is 10.2. The predicted octanol–water partition coefficient (Wildman–Crippen LogP) is 1.61. The second-order valence-electron chi connectivity index (χ2n) is 4.70. The first-order chi connectivity index (χ1) is 9.13. The van der Waals surface area contributed by atoms with Gasteiger partial charge in [-0.05, 0) is 38.1 Å². The minimum atomic E-state index is -0.130. The molecule has 0 aliphatic carbocycles. The van der Waals surface area contributed by atoms with E-state index in [1.165, 1.54) is 0 Å². The summed E-state index contributed by atoms with van der Waals surface area (Å²) in [7, 11) is 2.07. The van der Waals surface area contributed by atoms with Crippen LogP contribution in [0.3, 0.4) is 0 Å². The van der Waals surface area contributed by atoms with Gasteiger partial charge in [-0.3, -0.25) is 4.98 Å². The molecule has 0 fully saturated rings. The summed E-state index contributed by atoms with van der Waals surface area (Å²) in [6, 6.07) is 4.18. The lowest BCUT2D eigenvalue weighted by molar-refractivity contribution is 0.230. The topological polar surface area (TPSA) is 57.3 Å². The number of hydrogen-bond donors (Lipinski definition) is 2. The molecule has 2 amide bonds. The Morgan fingerprint density at radius 3 is 2.68 bits per heavy atom. The molecule has 2 N–H and O–H groups in total. The third-order valence-corrected chi connectivity index (χ3v) is 3.30. The van der Waals surface area contributed by atoms with Crippen LogP contribution in [0.2, 0.25) is 0 Å². The molecule has 1 aromatic heterocycles. The van der Waals surface area contributed by atoms with Crippen LogP contribution in [-0.4, -0.2) is 42.1 Å². The van der Waals surface area contributed by atoms with Crippen LogP contribution in [0.5, 0.6) is 0 Å². The summed E-state index contributed by atoms with van der Waals surface area (Å²) in [4.78, 5) is 17.8. The summed E-state index contributed by atoms with van der Waals surface area (Å²) >= 11 is 0. The van der Waals surface area contributed by atoms with E-state index < -0.39 is 0 Å². The Morgan fingerprint density at radius 2 is 2.05 bits per heavy atom. The Balaban J connectivity index is 2.15. The van der Waals surface area contributed by atoms with Crippen LogP contribution in [0.4, 0.5) is 4.79 Å². The maximum absolute atomic E-state index is 11.6. The van der Waals surface area contributed by atoms with Crippen LogP contribution in [0, 0.1) is 0 Å². The standard InChI is InChI=1S/C14H24N4O/c1-4-12(2)18(3)10-9-16-14(19)17-11-13-5-7-15-8-6-13/h5-8,12H,4,9-11H2,1-3H3,(H2,16,17,19). The number of carbonyl (C=O) groups excluding carboxylic acids is 1. The molecule has 1 unspecified atom stereocenters. The zero-order valence-corrected chi connectivity index (χ0v) is 12.0. The Morgan fingerprint density at radius 1 is 1.37 bits per heavy atom. The largest absolute Gasteiger partial charge is 0.337 e. The molecule has 0 aromatic carbocycles. The second kappa shape index (κ2) is 8.48. The third kappa shape index (κ3) is 6.20. The van der Waals surface area contributed by atoms with Crippen LogP contribution in [0.15, 0.2) is 24.5 Å². The van der Waals surface area contributed by atoms with Crippen LogP contribution in [0.25, 0.3) is 0 Å². The Labute approximate surface area is 115 Å². The number of likely N-dealkylation sites (N-methyl/N-ethyl adjacent to an activating group) is 1. The van der Waals surface area contributed by atoms with Gasteiger partial charge in [-0.1, -0.05) is 6.92 Å². The molecule has 0 aliphatic heterocycles. The maximum atomic E-state index is 11.6. The number of nitrogens with zero attached hydrogens (tertiary/aromatic N) is 2. The third-order valence-electron chi connectivity index (χ3n) is 3.30. The molecule has 5 nitrogen and oxygen atoms in total. The predicted molar refractivity (Wildman–Crippen MR) is 76.9 cm³/mol. The summed E-state index contributed by atoms with van der Waals surface area (Å²) in [6.45, 7) is 6.38. The van der Waals surface area contributed by atoms with Crippen molar-refractivity contribution in [1.82, 2.24) is 20.5 Å². The lowest BCUT2D eigenvalue weighted by Crippen LogP contribution is -2.41. The molecule has 0 saturated carbocycles. The fourth-order valence-corrected chi connectivity index (χ4v) is 1.62. The van der Waals surface area contributed by atoms with Gasteiger partial charge in [-0.25, -0.2) is 4.79 Å². The van der Waals surface area contributed by atoms with Gasteiger partial charge in [0.05, 0.1) is 0 Å². The number of rotatable bonds is 7. The molecule has 0 spiro atoms. The molecule has 0 saturated heterocycles. The van der Waals surface area contributed by atoms with Crippen LogP contribution < -0.4 is 10.6 Å². The summed E-state index contributed by atoms with van der Waals surface area (Å²) in [5.41, 5.74) is 1.04. The molecule has 1 atom stereocenters. The number of carbonyl (C=O) groups is 1. The number of urea groups is 1. The molecule has 0 aliphatic rings. The molecule has 19 heavy (non-hydrogen) atoms.